The molecule has 0 atom stereocenters. The predicted molar refractivity (Wildman–Crippen MR) is 143 cm³/mol. The molecule has 3 N–H and O–H groups in total. The molecule has 9 heteroatoms. The number of allylic oxidation sites excluding steroid dienone is 4. The largest absolute Gasteiger partial charge is 0.383 e. The summed E-state index contributed by atoms with van der Waals surface area (Å²) in [4.78, 5) is 19.3. The SMILES string of the molecule is C=C/C(=C\C(=C/C)c1ncc2[nH]nc(-c3nc4c(N5CCCCC5)cncc4[nH]3)c2c1F)NC(C)C. The van der Waals surface area contributed by atoms with Gasteiger partial charge >= 0.3 is 0 Å². The summed E-state index contributed by atoms with van der Waals surface area (Å²) in [5.74, 6) is 0.0350. The third kappa shape index (κ3) is 4.36. The van der Waals surface area contributed by atoms with Gasteiger partial charge in [0.2, 0.25) is 0 Å². The molecule has 1 fully saturated rings. The molecule has 0 radical (unpaired) electrons. The number of H-pyrrole nitrogens is 2. The van der Waals surface area contributed by atoms with Crippen LogP contribution in [0.1, 0.15) is 45.7 Å². The Balaban J connectivity index is 1.60. The highest BCUT2D eigenvalue weighted by Gasteiger charge is 2.22. The zero-order valence-electron chi connectivity index (χ0n) is 20.9. The Bertz CT molecular complexity index is 1470. The molecule has 8 nitrogen and oxygen atoms in total. The van der Waals surface area contributed by atoms with E-state index in [1.54, 1.807) is 18.5 Å². The van der Waals surface area contributed by atoms with Gasteiger partial charge in [0, 0.05) is 30.4 Å². The predicted octanol–water partition coefficient (Wildman–Crippen LogP) is 5.50. The molecular formula is C27H31FN8. The van der Waals surface area contributed by atoms with Gasteiger partial charge in [0.1, 0.15) is 16.9 Å². The lowest BCUT2D eigenvalue weighted by Crippen LogP contribution is -2.29. The van der Waals surface area contributed by atoms with E-state index < -0.39 is 5.82 Å². The second-order valence-corrected chi connectivity index (χ2v) is 9.32. The van der Waals surface area contributed by atoms with E-state index in [0.717, 1.165) is 48.3 Å². The fourth-order valence-corrected chi connectivity index (χ4v) is 4.69. The van der Waals surface area contributed by atoms with Gasteiger partial charge in [0.15, 0.2) is 11.6 Å². The van der Waals surface area contributed by atoms with Gasteiger partial charge < -0.3 is 15.2 Å². The molecule has 5 rings (SSSR count). The number of fused-ring (bicyclic) bond motifs is 2. The van der Waals surface area contributed by atoms with Crippen molar-refractivity contribution in [3.63, 3.8) is 0 Å². The highest BCUT2D eigenvalue weighted by Crippen LogP contribution is 2.33. The first-order chi connectivity index (χ1) is 17.5. The van der Waals surface area contributed by atoms with Gasteiger partial charge in [-0.15, -0.1) is 0 Å². The number of pyridine rings is 2. The number of nitrogens with one attached hydrogen (secondary N) is 3. The Labute approximate surface area is 209 Å². The maximum atomic E-state index is 16.0. The molecule has 4 aromatic heterocycles. The summed E-state index contributed by atoms with van der Waals surface area (Å²) < 4.78 is 16.0. The van der Waals surface area contributed by atoms with Crippen molar-refractivity contribution < 1.29 is 4.39 Å². The fraction of sp³-hybridized carbons (Fsp3) is 0.333. The van der Waals surface area contributed by atoms with E-state index in [4.69, 9.17) is 4.98 Å². The fourth-order valence-electron chi connectivity index (χ4n) is 4.69. The molecule has 4 aromatic rings. The number of anilines is 1. The summed E-state index contributed by atoms with van der Waals surface area (Å²) in [6.07, 6.45) is 14.2. The molecule has 1 aliphatic heterocycles. The van der Waals surface area contributed by atoms with Crippen LogP contribution in [0.2, 0.25) is 0 Å². The quantitative estimate of drug-likeness (QED) is 0.299. The minimum absolute atomic E-state index is 0.213. The second-order valence-electron chi connectivity index (χ2n) is 9.32. The molecule has 0 unspecified atom stereocenters. The van der Waals surface area contributed by atoms with Crippen LogP contribution < -0.4 is 10.2 Å². The summed E-state index contributed by atoms with van der Waals surface area (Å²) in [5.41, 5.74) is 5.21. The van der Waals surface area contributed by atoms with Crippen molar-refractivity contribution in [3.8, 4) is 11.5 Å². The number of piperidine rings is 1. The smallest absolute Gasteiger partial charge is 0.161 e. The Hall–Kier alpha value is -4.01. The zero-order chi connectivity index (χ0) is 25.2. The summed E-state index contributed by atoms with van der Waals surface area (Å²) >= 11 is 0. The Morgan fingerprint density at radius 2 is 1.97 bits per heavy atom. The number of nitrogens with zero attached hydrogens (tertiary/aromatic N) is 5. The number of halogens is 1. The molecule has 0 spiro atoms. The molecule has 0 amide bonds. The first kappa shape index (κ1) is 23.7. The highest BCUT2D eigenvalue weighted by atomic mass is 19.1. The van der Waals surface area contributed by atoms with E-state index in [9.17, 15) is 0 Å². The minimum Gasteiger partial charge on any atom is -0.383 e. The lowest BCUT2D eigenvalue weighted by molar-refractivity contribution is 0.578. The van der Waals surface area contributed by atoms with Crippen LogP contribution in [-0.4, -0.2) is 49.3 Å². The Morgan fingerprint density at radius 3 is 2.69 bits per heavy atom. The number of aromatic nitrogens is 6. The van der Waals surface area contributed by atoms with Crippen LogP contribution in [-0.2, 0) is 0 Å². The molecule has 36 heavy (non-hydrogen) atoms. The van der Waals surface area contributed by atoms with Gasteiger partial charge in [0.05, 0.1) is 40.7 Å². The van der Waals surface area contributed by atoms with E-state index in [1.165, 1.54) is 6.42 Å². The first-order valence-corrected chi connectivity index (χ1v) is 12.4. The number of hydrogen-bond acceptors (Lipinski definition) is 6. The van der Waals surface area contributed by atoms with Crippen molar-refractivity contribution >= 4 is 33.2 Å². The van der Waals surface area contributed by atoms with Crippen LogP contribution >= 0.6 is 0 Å². The minimum atomic E-state index is -0.455. The van der Waals surface area contributed by atoms with E-state index in [-0.39, 0.29) is 11.7 Å². The van der Waals surface area contributed by atoms with Crippen LogP contribution in [0.5, 0.6) is 0 Å². The van der Waals surface area contributed by atoms with E-state index in [1.807, 2.05) is 39.1 Å². The average Bonchev–Trinajstić information content (AvgIpc) is 3.52. The van der Waals surface area contributed by atoms with Gasteiger partial charge in [-0.25, -0.2) is 9.37 Å². The van der Waals surface area contributed by atoms with Gasteiger partial charge in [-0.1, -0.05) is 12.7 Å². The van der Waals surface area contributed by atoms with Crippen molar-refractivity contribution in [3.05, 3.63) is 60.6 Å². The number of rotatable bonds is 7. The normalized spacial score (nSPS) is 15.3. The third-order valence-electron chi connectivity index (χ3n) is 6.41. The molecule has 1 aliphatic rings. The molecular weight excluding hydrogens is 455 g/mol. The summed E-state index contributed by atoms with van der Waals surface area (Å²) in [6.45, 7) is 11.8. The number of hydrogen-bond donors (Lipinski definition) is 3. The van der Waals surface area contributed by atoms with Crippen LogP contribution in [0.4, 0.5) is 10.1 Å². The van der Waals surface area contributed by atoms with Gasteiger partial charge in [-0.2, -0.15) is 5.10 Å². The van der Waals surface area contributed by atoms with E-state index >= 15 is 4.39 Å². The molecule has 1 saturated heterocycles. The van der Waals surface area contributed by atoms with Crippen LogP contribution in [0.3, 0.4) is 0 Å². The Morgan fingerprint density at radius 1 is 1.17 bits per heavy atom. The van der Waals surface area contributed by atoms with Crippen molar-refractivity contribution in [2.24, 2.45) is 0 Å². The van der Waals surface area contributed by atoms with Crippen LogP contribution in [0.25, 0.3) is 39.0 Å². The van der Waals surface area contributed by atoms with Crippen molar-refractivity contribution in [1.82, 2.24) is 35.5 Å². The van der Waals surface area contributed by atoms with Crippen molar-refractivity contribution in [2.45, 2.75) is 46.1 Å². The van der Waals surface area contributed by atoms with Crippen LogP contribution in [0, 0.1) is 5.82 Å². The molecule has 0 aliphatic carbocycles. The standard InChI is InChI=1S/C27H31FN8/c1-5-17(12-18(6-2)31-16(3)4)24-23(28)22-19(14-30-24)34-35-26(22)27-32-20-13-29-15-21(25(20)33-27)36-10-8-7-9-11-36/h5-6,12-16,31H,2,7-11H2,1,3-4H3,(H,32,33)(H,34,35)/b17-5+,18-12+. The number of imidazole rings is 1. The summed E-state index contributed by atoms with van der Waals surface area (Å²) in [7, 11) is 0. The van der Waals surface area contributed by atoms with E-state index in [2.05, 4.69) is 41.9 Å². The monoisotopic (exact) mass is 486 g/mol. The van der Waals surface area contributed by atoms with Crippen LogP contribution in [0.15, 0.2) is 49.1 Å². The Kier molecular flexibility index (Phi) is 6.54. The van der Waals surface area contributed by atoms with Gasteiger partial charge in [-0.3, -0.25) is 15.1 Å². The topological polar surface area (TPSA) is 98.4 Å². The van der Waals surface area contributed by atoms with Crippen molar-refractivity contribution in [1.29, 1.82) is 0 Å². The molecule has 0 saturated carbocycles. The molecule has 0 bridgehead atoms. The molecule has 5 heterocycles. The maximum Gasteiger partial charge on any atom is 0.161 e. The van der Waals surface area contributed by atoms with Crippen molar-refractivity contribution in [2.75, 3.05) is 18.0 Å². The summed E-state index contributed by atoms with van der Waals surface area (Å²) in [5, 5.41) is 11.0. The van der Waals surface area contributed by atoms with Gasteiger partial charge in [0.25, 0.3) is 0 Å². The lowest BCUT2D eigenvalue weighted by atomic mass is 10.1. The third-order valence-corrected chi connectivity index (χ3v) is 6.41. The number of aromatic amines is 2. The zero-order valence-corrected chi connectivity index (χ0v) is 20.9. The average molecular weight is 487 g/mol. The maximum absolute atomic E-state index is 16.0. The second kappa shape index (κ2) is 9.93. The molecule has 0 aromatic carbocycles. The molecule has 186 valence electrons. The highest BCUT2D eigenvalue weighted by molar-refractivity contribution is 5.97. The van der Waals surface area contributed by atoms with Gasteiger partial charge in [-0.05, 0) is 52.2 Å². The first-order valence-electron chi connectivity index (χ1n) is 12.4. The lowest BCUT2D eigenvalue weighted by Gasteiger charge is -2.28. The van der Waals surface area contributed by atoms with E-state index in [0.29, 0.717) is 28.0 Å². The summed E-state index contributed by atoms with van der Waals surface area (Å²) in [6, 6.07) is 0.213.